The van der Waals surface area contributed by atoms with Crippen molar-refractivity contribution in [2.75, 3.05) is 0 Å². The van der Waals surface area contributed by atoms with E-state index in [2.05, 4.69) is 19.9 Å². The fraction of sp³-hybridized carbons (Fsp3) is 0.250. The first-order valence-corrected chi connectivity index (χ1v) is 9.12. The first-order chi connectivity index (χ1) is 11.2. The highest BCUT2D eigenvalue weighted by Crippen LogP contribution is 2.34. The summed E-state index contributed by atoms with van der Waals surface area (Å²) in [6, 6.07) is 15.6. The van der Waals surface area contributed by atoms with Crippen LogP contribution in [0, 0.1) is 0 Å². The Kier molecular flexibility index (Phi) is 8.60. The summed E-state index contributed by atoms with van der Waals surface area (Å²) < 4.78 is 1.20. The van der Waals surface area contributed by atoms with Gasteiger partial charge in [-0.15, -0.1) is 11.3 Å². The van der Waals surface area contributed by atoms with E-state index in [4.69, 9.17) is 11.6 Å². The monoisotopic (exact) mass is 346 g/mol. The van der Waals surface area contributed by atoms with Gasteiger partial charge >= 0.3 is 0 Å². The number of carbonyl (C=O) groups is 1. The zero-order valence-electron chi connectivity index (χ0n) is 14.1. The summed E-state index contributed by atoms with van der Waals surface area (Å²) in [5.41, 5.74) is 1.76. The van der Waals surface area contributed by atoms with Crippen molar-refractivity contribution in [1.29, 1.82) is 0 Å². The Morgan fingerprint density at radius 3 is 2.39 bits per heavy atom. The highest BCUT2D eigenvalue weighted by atomic mass is 35.5. The molecule has 3 rings (SSSR count). The van der Waals surface area contributed by atoms with Crippen LogP contribution in [0.5, 0.6) is 0 Å². The molecule has 0 N–H and O–H groups in total. The van der Waals surface area contributed by atoms with Crippen molar-refractivity contribution in [3.8, 4) is 10.4 Å². The zero-order valence-corrected chi connectivity index (χ0v) is 15.7. The van der Waals surface area contributed by atoms with Crippen LogP contribution < -0.4 is 0 Å². The molecule has 23 heavy (non-hydrogen) atoms. The lowest BCUT2D eigenvalue weighted by Gasteiger charge is -1.97. The smallest absolute Gasteiger partial charge is 0.150 e. The van der Waals surface area contributed by atoms with E-state index in [0.717, 1.165) is 27.1 Å². The van der Waals surface area contributed by atoms with Crippen LogP contribution in [0.15, 0.2) is 48.5 Å². The summed E-state index contributed by atoms with van der Waals surface area (Å²) in [5, 5.41) is 1.88. The maximum atomic E-state index is 10.8. The fourth-order valence-corrected chi connectivity index (χ4v) is 3.14. The van der Waals surface area contributed by atoms with E-state index >= 15 is 0 Å². The maximum absolute atomic E-state index is 10.8. The summed E-state index contributed by atoms with van der Waals surface area (Å²) >= 11 is 7.68. The third-order valence-electron chi connectivity index (χ3n) is 2.79. The highest BCUT2D eigenvalue weighted by Gasteiger charge is 2.05. The number of fused-ring (bicyclic) bond motifs is 1. The Hall–Kier alpha value is -1.64. The maximum Gasteiger partial charge on any atom is 0.150 e. The molecule has 0 spiro atoms. The van der Waals surface area contributed by atoms with Gasteiger partial charge in [-0.25, -0.2) is 0 Å². The third-order valence-corrected chi connectivity index (χ3v) is 4.19. The standard InChI is InChI=1S/C15H9ClOS.C3H8.C2H6/c16-13-4-5-14-12(7-13)8-15(18-14)11-3-1-2-10(6-11)9-17;1-3-2;1-2/h1-9H;3H2,1-2H3;1-2H3. The van der Waals surface area contributed by atoms with Gasteiger partial charge in [-0.05, 0) is 41.3 Å². The van der Waals surface area contributed by atoms with Gasteiger partial charge in [0, 0.05) is 20.2 Å². The predicted molar refractivity (Wildman–Crippen MR) is 105 cm³/mol. The van der Waals surface area contributed by atoms with Crippen LogP contribution in [0.1, 0.15) is 44.5 Å². The van der Waals surface area contributed by atoms with Crippen LogP contribution in [0.4, 0.5) is 0 Å². The number of thiophene rings is 1. The number of rotatable bonds is 2. The van der Waals surface area contributed by atoms with Crippen LogP contribution in [0.3, 0.4) is 0 Å². The van der Waals surface area contributed by atoms with Gasteiger partial charge in [-0.2, -0.15) is 0 Å². The molecular weight excluding hydrogens is 324 g/mol. The lowest BCUT2D eigenvalue weighted by Crippen LogP contribution is -1.79. The average molecular weight is 347 g/mol. The molecule has 0 unspecified atom stereocenters. The van der Waals surface area contributed by atoms with Gasteiger partial charge in [0.05, 0.1) is 0 Å². The Bertz CT molecular complexity index is 746. The van der Waals surface area contributed by atoms with Crippen molar-refractivity contribution in [3.63, 3.8) is 0 Å². The third kappa shape index (κ3) is 5.49. The van der Waals surface area contributed by atoms with E-state index in [9.17, 15) is 4.79 Å². The van der Waals surface area contributed by atoms with Gasteiger partial charge < -0.3 is 0 Å². The fourth-order valence-electron chi connectivity index (χ4n) is 1.92. The summed E-state index contributed by atoms with van der Waals surface area (Å²) in [6.45, 7) is 8.25. The zero-order chi connectivity index (χ0) is 17.2. The van der Waals surface area contributed by atoms with Crippen molar-refractivity contribution in [2.24, 2.45) is 0 Å². The molecule has 0 aliphatic carbocycles. The number of halogens is 1. The molecule has 0 atom stereocenters. The van der Waals surface area contributed by atoms with Crippen molar-refractivity contribution < 1.29 is 4.79 Å². The van der Waals surface area contributed by atoms with Gasteiger partial charge in [0.25, 0.3) is 0 Å². The lowest BCUT2D eigenvalue weighted by atomic mass is 10.1. The van der Waals surface area contributed by atoms with Crippen molar-refractivity contribution in [3.05, 3.63) is 59.1 Å². The molecule has 0 amide bonds. The number of benzene rings is 2. The van der Waals surface area contributed by atoms with E-state index in [1.807, 2.05) is 50.2 Å². The molecule has 3 aromatic rings. The summed E-state index contributed by atoms with van der Waals surface area (Å²) in [7, 11) is 0. The molecule has 0 fully saturated rings. The number of aldehydes is 1. The second kappa shape index (κ2) is 10.2. The quantitative estimate of drug-likeness (QED) is 0.439. The molecule has 0 bridgehead atoms. The number of hydrogen-bond donors (Lipinski definition) is 0. The average Bonchev–Trinajstić information content (AvgIpc) is 3.00. The van der Waals surface area contributed by atoms with Gasteiger partial charge in [-0.3, -0.25) is 4.79 Å². The SMILES string of the molecule is CC.CCC.O=Cc1cccc(-c2cc3cc(Cl)ccc3s2)c1. The molecule has 122 valence electrons. The van der Waals surface area contributed by atoms with Gasteiger partial charge in [0.1, 0.15) is 6.29 Å². The van der Waals surface area contributed by atoms with Gasteiger partial charge in [0.2, 0.25) is 0 Å². The van der Waals surface area contributed by atoms with E-state index in [1.165, 1.54) is 11.1 Å². The van der Waals surface area contributed by atoms with E-state index in [0.29, 0.717) is 5.56 Å². The van der Waals surface area contributed by atoms with Crippen LogP contribution >= 0.6 is 22.9 Å². The van der Waals surface area contributed by atoms with E-state index in [1.54, 1.807) is 17.4 Å². The molecular formula is C20H23ClOS. The topological polar surface area (TPSA) is 17.1 Å². The summed E-state index contributed by atoms with van der Waals surface area (Å²) in [4.78, 5) is 11.9. The Morgan fingerprint density at radius 2 is 1.74 bits per heavy atom. The first-order valence-electron chi connectivity index (χ1n) is 7.92. The van der Waals surface area contributed by atoms with E-state index in [-0.39, 0.29) is 0 Å². The summed E-state index contributed by atoms with van der Waals surface area (Å²) in [5.74, 6) is 0. The second-order valence-electron chi connectivity index (χ2n) is 4.74. The molecule has 1 nitrogen and oxygen atoms in total. The van der Waals surface area contributed by atoms with Crippen LogP contribution in [0.25, 0.3) is 20.5 Å². The molecule has 0 saturated heterocycles. The molecule has 0 aliphatic heterocycles. The van der Waals surface area contributed by atoms with Crippen molar-refractivity contribution in [1.82, 2.24) is 0 Å². The molecule has 0 saturated carbocycles. The molecule has 1 heterocycles. The normalized spacial score (nSPS) is 9.43. The predicted octanol–water partition coefficient (Wildman–Crippen LogP) is 7.48. The Balaban J connectivity index is 0.000000477. The Labute approximate surface area is 147 Å². The minimum absolute atomic E-state index is 0.697. The summed E-state index contributed by atoms with van der Waals surface area (Å²) in [6.07, 6.45) is 2.12. The lowest BCUT2D eigenvalue weighted by molar-refractivity contribution is 0.112. The van der Waals surface area contributed by atoms with Crippen molar-refractivity contribution >= 4 is 39.3 Å². The van der Waals surface area contributed by atoms with E-state index < -0.39 is 0 Å². The van der Waals surface area contributed by atoms with Crippen LogP contribution in [-0.2, 0) is 0 Å². The van der Waals surface area contributed by atoms with Gasteiger partial charge in [0.15, 0.2) is 0 Å². The highest BCUT2D eigenvalue weighted by molar-refractivity contribution is 7.22. The van der Waals surface area contributed by atoms with Crippen LogP contribution in [-0.4, -0.2) is 6.29 Å². The first kappa shape index (κ1) is 19.4. The molecule has 0 aliphatic rings. The van der Waals surface area contributed by atoms with Gasteiger partial charge in [-0.1, -0.05) is 63.9 Å². The molecule has 1 aromatic heterocycles. The second-order valence-corrected chi connectivity index (χ2v) is 6.26. The molecule has 3 heteroatoms. The minimum Gasteiger partial charge on any atom is -0.298 e. The minimum atomic E-state index is 0.697. The number of carbonyl (C=O) groups excluding carboxylic acids is 1. The van der Waals surface area contributed by atoms with Crippen LogP contribution in [0.2, 0.25) is 5.02 Å². The van der Waals surface area contributed by atoms with Crippen molar-refractivity contribution in [2.45, 2.75) is 34.1 Å². The molecule has 0 radical (unpaired) electrons. The number of hydrogen-bond acceptors (Lipinski definition) is 2. The Morgan fingerprint density at radius 1 is 1.04 bits per heavy atom. The molecule has 2 aromatic carbocycles. The largest absolute Gasteiger partial charge is 0.298 e.